The normalized spacial score (nSPS) is 10.9. The van der Waals surface area contributed by atoms with Crippen LogP contribution in [0.1, 0.15) is 34.2 Å². The molecule has 2 N–H and O–H groups in total. The van der Waals surface area contributed by atoms with Gasteiger partial charge in [-0.3, -0.25) is 9.59 Å². The summed E-state index contributed by atoms with van der Waals surface area (Å²) in [7, 11) is 0. The van der Waals surface area contributed by atoms with Gasteiger partial charge in [0.1, 0.15) is 18.5 Å². The fourth-order valence-corrected chi connectivity index (χ4v) is 4.28. The molecule has 0 aliphatic carbocycles. The molecule has 0 saturated heterocycles. The van der Waals surface area contributed by atoms with Gasteiger partial charge in [0.2, 0.25) is 5.91 Å². The van der Waals surface area contributed by atoms with Gasteiger partial charge in [0.25, 0.3) is 5.91 Å². The van der Waals surface area contributed by atoms with Gasteiger partial charge in [0, 0.05) is 25.7 Å². The molecule has 0 aliphatic rings. The molecule has 2 aromatic heterocycles. The number of fused-ring (bicyclic) bond motifs is 1. The van der Waals surface area contributed by atoms with Crippen molar-refractivity contribution in [3.05, 3.63) is 102 Å². The molecule has 36 heavy (non-hydrogen) atoms. The average Bonchev–Trinajstić information content (AvgIpc) is 3.51. The molecule has 180 valence electrons. The number of hydrogen-bond donors (Lipinski definition) is 2. The maximum Gasteiger partial charge on any atom is 0.253 e. The first kappa shape index (κ1) is 23.0. The van der Waals surface area contributed by atoms with E-state index in [2.05, 4.69) is 20.7 Å². The number of carbonyl (C=O) groups is 2. The SMILES string of the molecule is CC(=O)Nc1cc(C(=O)NCc2ccccc2-n2cncn2)c2c(c1)nc(C)n2Cc1ccccc1. The lowest BCUT2D eigenvalue weighted by atomic mass is 10.1. The molecule has 0 saturated carbocycles. The van der Waals surface area contributed by atoms with E-state index >= 15 is 0 Å². The Labute approximate surface area is 207 Å². The Bertz CT molecular complexity index is 1540. The molecule has 5 rings (SSSR count). The molecule has 5 aromatic rings. The van der Waals surface area contributed by atoms with E-state index in [-0.39, 0.29) is 18.4 Å². The van der Waals surface area contributed by atoms with Crippen molar-refractivity contribution in [2.24, 2.45) is 0 Å². The zero-order valence-electron chi connectivity index (χ0n) is 20.0. The van der Waals surface area contributed by atoms with Gasteiger partial charge < -0.3 is 15.2 Å². The Hall–Kier alpha value is -4.79. The molecule has 0 atom stereocenters. The number of para-hydroxylation sites is 1. The van der Waals surface area contributed by atoms with Crippen molar-refractivity contribution in [1.82, 2.24) is 29.6 Å². The largest absolute Gasteiger partial charge is 0.348 e. The second kappa shape index (κ2) is 9.83. The van der Waals surface area contributed by atoms with Crippen molar-refractivity contribution in [2.45, 2.75) is 26.9 Å². The van der Waals surface area contributed by atoms with Gasteiger partial charge in [0.15, 0.2) is 0 Å². The average molecular weight is 480 g/mol. The molecule has 3 aromatic carbocycles. The van der Waals surface area contributed by atoms with Crippen molar-refractivity contribution >= 4 is 28.5 Å². The molecule has 0 aliphatic heterocycles. The predicted octanol–water partition coefficient (Wildman–Crippen LogP) is 3.86. The molecule has 9 heteroatoms. The number of nitrogens with zero attached hydrogens (tertiary/aromatic N) is 5. The summed E-state index contributed by atoms with van der Waals surface area (Å²) in [5.41, 5.74) is 5.13. The maximum atomic E-state index is 13.6. The Balaban J connectivity index is 1.52. The molecule has 0 radical (unpaired) electrons. The van der Waals surface area contributed by atoms with Crippen LogP contribution in [0.25, 0.3) is 16.7 Å². The Morgan fingerprint density at radius 2 is 1.78 bits per heavy atom. The molecule has 0 spiro atoms. The molecule has 0 unspecified atom stereocenters. The number of amides is 2. The summed E-state index contributed by atoms with van der Waals surface area (Å²) in [4.78, 5) is 34.1. The number of nitrogens with one attached hydrogen (secondary N) is 2. The van der Waals surface area contributed by atoms with Crippen molar-refractivity contribution in [3.8, 4) is 5.69 Å². The highest BCUT2D eigenvalue weighted by Crippen LogP contribution is 2.27. The lowest BCUT2D eigenvalue weighted by Crippen LogP contribution is -2.24. The van der Waals surface area contributed by atoms with Crippen molar-refractivity contribution in [2.75, 3.05) is 5.32 Å². The van der Waals surface area contributed by atoms with Crippen LogP contribution in [0.2, 0.25) is 0 Å². The van der Waals surface area contributed by atoms with Crippen LogP contribution in [0, 0.1) is 6.92 Å². The summed E-state index contributed by atoms with van der Waals surface area (Å²) in [6, 6.07) is 21.2. The van der Waals surface area contributed by atoms with Crippen molar-refractivity contribution in [1.29, 1.82) is 0 Å². The summed E-state index contributed by atoms with van der Waals surface area (Å²) in [6.07, 6.45) is 3.09. The van der Waals surface area contributed by atoms with E-state index in [0.29, 0.717) is 28.8 Å². The van der Waals surface area contributed by atoms with Gasteiger partial charge in [-0.2, -0.15) is 5.10 Å². The van der Waals surface area contributed by atoms with Gasteiger partial charge in [-0.25, -0.2) is 14.6 Å². The number of aromatic nitrogens is 5. The fraction of sp³-hybridized carbons (Fsp3) is 0.148. The van der Waals surface area contributed by atoms with Gasteiger partial charge in [0.05, 0.1) is 22.3 Å². The molecule has 2 amide bonds. The summed E-state index contributed by atoms with van der Waals surface area (Å²) in [5, 5.41) is 10.0. The maximum absolute atomic E-state index is 13.6. The highest BCUT2D eigenvalue weighted by atomic mass is 16.2. The zero-order valence-corrected chi connectivity index (χ0v) is 20.0. The number of aryl methyl sites for hydroxylation is 1. The zero-order chi connectivity index (χ0) is 25.1. The fourth-order valence-electron chi connectivity index (χ4n) is 4.28. The minimum absolute atomic E-state index is 0.220. The summed E-state index contributed by atoms with van der Waals surface area (Å²) < 4.78 is 3.69. The number of anilines is 1. The van der Waals surface area contributed by atoms with Crippen LogP contribution in [0.3, 0.4) is 0 Å². The Morgan fingerprint density at radius 3 is 2.53 bits per heavy atom. The quantitative estimate of drug-likeness (QED) is 0.369. The first-order valence-corrected chi connectivity index (χ1v) is 11.5. The van der Waals surface area contributed by atoms with Crippen LogP contribution in [0.15, 0.2) is 79.4 Å². The summed E-state index contributed by atoms with van der Waals surface area (Å²) in [5.74, 6) is 0.289. The van der Waals surface area contributed by atoms with Crippen LogP contribution >= 0.6 is 0 Å². The first-order chi connectivity index (χ1) is 17.5. The predicted molar refractivity (Wildman–Crippen MR) is 137 cm³/mol. The summed E-state index contributed by atoms with van der Waals surface area (Å²) >= 11 is 0. The number of imidazole rings is 1. The molecule has 9 nitrogen and oxygen atoms in total. The third-order valence-corrected chi connectivity index (χ3v) is 5.88. The highest BCUT2D eigenvalue weighted by molar-refractivity contribution is 6.07. The van der Waals surface area contributed by atoms with Gasteiger partial charge in [-0.15, -0.1) is 0 Å². The Morgan fingerprint density at radius 1 is 1.00 bits per heavy atom. The first-order valence-electron chi connectivity index (χ1n) is 11.5. The second-order valence-electron chi connectivity index (χ2n) is 8.45. The van der Waals surface area contributed by atoms with Crippen LogP contribution in [0.5, 0.6) is 0 Å². The van der Waals surface area contributed by atoms with Crippen molar-refractivity contribution < 1.29 is 9.59 Å². The van der Waals surface area contributed by atoms with Crippen LogP contribution < -0.4 is 10.6 Å². The van der Waals surface area contributed by atoms with Gasteiger partial charge in [-0.1, -0.05) is 48.5 Å². The third kappa shape index (κ3) is 4.72. The molecule has 2 heterocycles. The van der Waals surface area contributed by atoms with Crippen LogP contribution in [-0.4, -0.2) is 36.1 Å². The van der Waals surface area contributed by atoms with E-state index in [4.69, 9.17) is 4.98 Å². The molecular weight excluding hydrogens is 454 g/mol. The summed E-state index contributed by atoms with van der Waals surface area (Å²) in [6.45, 7) is 4.20. The van der Waals surface area contributed by atoms with E-state index in [1.165, 1.54) is 13.3 Å². The minimum Gasteiger partial charge on any atom is -0.348 e. The van der Waals surface area contributed by atoms with Gasteiger partial charge in [-0.05, 0) is 36.2 Å². The highest BCUT2D eigenvalue weighted by Gasteiger charge is 2.19. The lowest BCUT2D eigenvalue weighted by molar-refractivity contribution is -0.114. The number of carbonyl (C=O) groups excluding carboxylic acids is 2. The van der Waals surface area contributed by atoms with E-state index in [9.17, 15) is 9.59 Å². The second-order valence-corrected chi connectivity index (χ2v) is 8.45. The van der Waals surface area contributed by atoms with Crippen molar-refractivity contribution in [3.63, 3.8) is 0 Å². The third-order valence-electron chi connectivity index (χ3n) is 5.88. The molecule has 0 fully saturated rings. The lowest BCUT2D eigenvalue weighted by Gasteiger charge is -2.14. The Kier molecular flexibility index (Phi) is 6.27. The van der Waals surface area contributed by atoms with E-state index in [0.717, 1.165) is 22.6 Å². The number of benzene rings is 3. The van der Waals surface area contributed by atoms with Gasteiger partial charge >= 0.3 is 0 Å². The number of rotatable bonds is 7. The monoisotopic (exact) mass is 479 g/mol. The van der Waals surface area contributed by atoms with E-state index in [1.54, 1.807) is 23.1 Å². The topological polar surface area (TPSA) is 107 Å². The molecule has 0 bridgehead atoms. The number of hydrogen-bond acceptors (Lipinski definition) is 5. The minimum atomic E-state index is -0.269. The van der Waals surface area contributed by atoms with Crippen LogP contribution in [0.4, 0.5) is 5.69 Å². The standard InChI is InChI=1S/C27H25N7O2/c1-18-31-24-13-22(32-19(2)35)12-23(26(24)33(18)15-20-8-4-3-5-9-20)27(36)29-14-21-10-6-7-11-25(21)34-17-28-16-30-34/h3-13,16-17H,14-15H2,1-2H3,(H,29,36)(H,32,35). The smallest absolute Gasteiger partial charge is 0.253 e. The van der Waals surface area contributed by atoms with Crippen LogP contribution in [-0.2, 0) is 17.9 Å². The molecular formula is C27H25N7O2. The van der Waals surface area contributed by atoms with E-state index in [1.807, 2.05) is 66.1 Å². The van der Waals surface area contributed by atoms with E-state index < -0.39 is 0 Å².